The van der Waals surface area contributed by atoms with Crippen molar-refractivity contribution >= 4 is 45.8 Å². The summed E-state index contributed by atoms with van der Waals surface area (Å²) in [5.74, 6) is 0.923. The molecule has 26 heavy (non-hydrogen) atoms. The maximum absolute atomic E-state index is 5.71. The topological polar surface area (TPSA) is 30.5 Å². The van der Waals surface area contributed by atoms with Gasteiger partial charge >= 0.3 is 0 Å². The molecule has 0 aliphatic rings. The van der Waals surface area contributed by atoms with Gasteiger partial charge in [-0.1, -0.05) is 60.8 Å². The van der Waals surface area contributed by atoms with Crippen LogP contribution in [0.1, 0.15) is 0 Å². The second kappa shape index (κ2) is 9.31. The quantitative estimate of drug-likeness (QED) is 0.573. The number of hydrogen-bond donors (Lipinski definition) is 2. The van der Waals surface area contributed by atoms with Gasteiger partial charge in [0.2, 0.25) is 0 Å². The molecule has 0 saturated carbocycles. The first kappa shape index (κ1) is 19.9. The van der Waals surface area contributed by atoms with Crippen LogP contribution in [0.2, 0.25) is 0 Å². The lowest BCUT2D eigenvalue weighted by atomic mass is 10.2. The molecule has 0 atom stereocenters. The molecule has 2 N–H and O–H groups in total. The van der Waals surface area contributed by atoms with E-state index < -0.39 is 0 Å². The van der Waals surface area contributed by atoms with Crippen LogP contribution in [0.15, 0.2) is 72.1 Å². The lowest BCUT2D eigenvalue weighted by molar-refractivity contribution is 0.341. The summed E-state index contributed by atoms with van der Waals surface area (Å²) in [6.07, 6.45) is 0. The summed E-state index contributed by atoms with van der Waals surface area (Å²) >= 11 is 11.4. The lowest BCUT2D eigenvalue weighted by Crippen LogP contribution is -2.34. The van der Waals surface area contributed by atoms with Crippen LogP contribution in [-0.2, 0) is 0 Å². The minimum Gasteiger partial charge on any atom is -0.364 e. The van der Waals surface area contributed by atoms with Crippen LogP contribution in [0, 0.1) is 0 Å². The molecule has 0 aliphatic heterocycles. The van der Waals surface area contributed by atoms with Crippen LogP contribution in [0.5, 0.6) is 0 Å². The smallest absolute Gasteiger partial charge is 0.117 e. The Kier molecular flexibility index (Phi) is 7.12. The number of thiocarbonyl (C=S) groups is 2. The molecule has 0 fully saturated rings. The molecule has 0 amide bonds. The molecule has 0 aromatic heterocycles. The van der Waals surface area contributed by atoms with Crippen LogP contribution >= 0.6 is 24.4 Å². The molecular weight excluding hydrogens is 360 g/mol. The van der Waals surface area contributed by atoms with Crippen LogP contribution in [0.25, 0.3) is 0 Å². The van der Waals surface area contributed by atoms with E-state index in [2.05, 4.69) is 10.6 Å². The van der Waals surface area contributed by atoms with Gasteiger partial charge in [0.25, 0.3) is 0 Å². The Morgan fingerprint density at radius 1 is 0.654 bits per heavy atom. The van der Waals surface area contributed by atoms with E-state index >= 15 is 0 Å². The third kappa shape index (κ3) is 5.28. The summed E-state index contributed by atoms with van der Waals surface area (Å²) in [6, 6.07) is 19.7. The number of para-hydroxylation sites is 2. The molecule has 2 aromatic carbocycles. The van der Waals surface area contributed by atoms with Crippen molar-refractivity contribution in [2.24, 2.45) is 0 Å². The van der Waals surface area contributed by atoms with Crippen molar-refractivity contribution in [2.45, 2.75) is 0 Å². The molecule has 0 saturated heterocycles. The first-order chi connectivity index (χ1) is 12.4. The van der Waals surface area contributed by atoms with Crippen LogP contribution in [-0.4, -0.2) is 48.0 Å². The molecule has 0 bridgehead atoms. The molecule has 2 rings (SSSR count). The van der Waals surface area contributed by atoms with Gasteiger partial charge in [0.15, 0.2) is 0 Å². The summed E-state index contributed by atoms with van der Waals surface area (Å²) in [5, 5.41) is 6.58. The van der Waals surface area contributed by atoms with E-state index in [9.17, 15) is 0 Å². The zero-order chi connectivity index (χ0) is 19.1. The van der Waals surface area contributed by atoms with Crippen molar-refractivity contribution in [3.8, 4) is 0 Å². The number of nitrogens with zero attached hydrogens (tertiary/aromatic N) is 2. The van der Waals surface area contributed by atoms with Gasteiger partial charge in [0.05, 0.1) is 5.57 Å². The third-order valence-electron chi connectivity index (χ3n) is 3.59. The average Bonchev–Trinajstić information content (AvgIpc) is 2.60. The van der Waals surface area contributed by atoms with Crippen molar-refractivity contribution in [2.75, 3.05) is 38.8 Å². The van der Waals surface area contributed by atoms with Crippen molar-refractivity contribution in [1.29, 1.82) is 0 Å². The van der Waals surface area contributed by atoms with E-state index in [1.807, 2.05) is 98.7 Å². The zero-order valence-corrected chi connectivity index (χ0v) is 17.1. The Labute approximate surface area is 166 Å². The molecule has 6 heteroatoms. The van der Waals surface area contributed by atoms with Gasteiger partial charge in [0, 0.05) is 39.6 Å². The molecule has 136 valence electrons. The lowest BCUT2D eigenvalue weighted by Gasteiger charge is -2.29. The van der Waals surface area contributed by atoms with Gasteiger partial charge in [0.1, 0.15) is 15.8 Å². The second-order valence-corrected chi connectivity index (χ2v) is 6.94. The highest BCUT2D eigenvalue weighted by Crippen LogP contribution is 2.19. The zero-order valence-electron chi connectivity index (χ0n) is 15.5. The summed E-state index contributed by atoms with van der Waals surface area (Å²) in [4.78, 5) is 5.16. The molecule has 0 spiro atoms. The molecule has 0 aliphatic carbocycles. The largest absolute Gasteiger partial charge is 0.364 e. The van der Waals surface area contributed by atoms with Crippen molar-refractivity contribution < 1.29 is 0 Å². The monoisotopic (exact) mass is 384 g/mol. The third-order valence-corrected chi connectivity index (χ3v) is 4.20. The number of nitrogens with one attached hydrogen (secondary N) is 2. The van der Waals surface area contributed by atoms with Crippen molar-refractivity contribution in [3.05, 3.63) is 72.1 Å². The molecular formula is C20H24N4S2. The Hall–Kier alpha value is -2.44. The minimum atomic E-state index is 0.571. The molecule has 2 aromatic rings. The fourth-order valence-electron chi connectivity index (χ4n) is 2.58. The maximum Gasteiger partial charge on any atom is 0.117 e. The Morgan fingerprint density at radius 2 is 1.00 bits per heavy atom. The highest BCUT2D eigenvalue weighted by molar-refractivity contribution is 7.83. The molecule has 0 radical (unpaired) electrons. The van der Waals surface area contributed by atoms with Gasteiger partial charge in [-0.25, -0.2) is 0 Å². The number of anilines is 2. The highest BCUT2D eigenvalue weighted by atomic mass is 32.1. The van der Waals surface area contributed by atoms with E-state index in [4.69, 9.17) is 24.4 Å². The SMILES string of the molecule is CN(C)C(=C(C(=S)Nc1ccccc1)C(=S)Nc1ccccc1)N(C)C. The van der Waals surface area contributed by atoms with E-state index in [1.54, 1.807) is 0 Å². The van der Waals surface area contributed by atoms with E-state index in [0.717, 1.165) is 22.8 Å². The number of hydrogen-bond acceptors (Lipinski definition) is 4. The van der Waals surface area contributed by atoms with E-state index in [0.29, 0.717) is 9.98 Å². The Balaban J connectivity index is 2.40. The molecule has 0 heterocycles. The summed E-state index contributed by atoms with van der Waals surface area (Å²) < 4.78 is 0. The fraction of sp³-hybridized carbons (Fsp3) is 0.200. The van der Waals surface area contributed by atoms with Crippen molar-refractivity contribution in [1.82, 2.24) is 9.80 Å². The normalized spacial score (nSPS) is 9.85. The summed E-state index contributed by atoms with van der Waals surface area (Å²) in [6.45, 7) is 0. The summed E-state index contributed by atoms with van der Waals surface area (Å²) in [5.41, 5.74) is 2.63. The van der Waals surface area contributed by atoms with Crippen LogP contribution in [0.3, 0.4) is 0 Å². The predicted octanol–water partition coefficient (Wildman–Crippen LogP) is 4.20. The van der Waals surface area contributed by atoms with Gasteiger partial charge < -0.3 is 20.4 Å². The van der Waals surface area contributed by atoms with Crippen molar-refractivity contribution in [3.63, 3.8) is 0 Å². The van der Waals surface area contributed by atoms with Crippen LogP contribution < -0.4 is 10.6 Å². The second-order valence-electron chi connectivity index (χ2n) is 6.13. The van der Waals surface area contributed by atoms with E-state index in [1.165, 1.54) is 0 Å². The maximum atomic E-state index is 5.71. The Morgan fingerprint density at radius 3 is 1.31 bits per heavy atom. The van der Waals surface area contributed by atoms with Gasteiger partial charge in [-0.15, -0.1) is 0 Å². The molecule has 0 unspecified atom stereocenters. The highest BCUT2D eigenvalue weighted by Gasteiger charge is 2.21. The van der Waals surface area contributed by atoms with Crippen LogP contribution in [0.4, 0.5) is 11.4 Å². The number of rotatable bonds is 6. The predicted molar refractivity (Wildman–Crippen MR) is 120 cm³/mol. The Bertz CT molecular complexity index is 718. The first-order valence-corrected chi connectivity index (χ1v) is 9.03. The van der Waals surface area contributed by atoms with Gasteiger partial charge in [-0.05, 0) is 24.3 Å². The average molecular weight is 385 g/mol. The van der Waals surface area contributed by atoms with Gasteiger partial charge in [-0.2, -0.15) is 0 Å². The minimum absolute atomic E-state index is 0.571. The van der Waals surface area contributed by atoms with Gasteiger partial charge in [-0.3, -0.25) is 0 Å². The standard InChI is InChI=1S/C20H24N4S2/c1-23(2)20(24(3)4)17(18(25)21-15-11-7-5-8-12-15)19(26)22-16-13-9-6-10-14-16/h5-14H,1-4H3,(H,21,25)(H,22,26). The fourth-order valence-corrected chi connectivity index (χ4v) is 3.27. The summed E-state index contributed by atoms with van der Waals surface area (Å²) in [7, 11) is 7.91. The molecule has 4 nitrogen and oxygen atoms in total. The van der Waals surface area contributed by atoms with E-state index in [-0.39, 0.29) is 0 Å². The first-order valence-electron chi connectivity index (χ1n) is 8.22. The number of benzene rings is 2.